The molecule has 0 spiro atoms. The topological polar surface area (TPSA) is 105 Å². The van der Waals surface area contributed by atoms with Crippen molar-refractivity contribution >= 4 is 23.1 Å². The Morgan fingerprint density at radius 2 is 0.960 bits per heavy atom. The molecule has 2 aliphatic rings. The summed E-state index contributed by atoms with van der Waals surface area (Å²) in [4.78, 5) is 44.7. The average Bonchev–Trinajstić information content (AvgIpc) is 2.59. The normalized spacial score (nSPS) is 17.1. The van der Waals surface area contributed by atoms with E-state index in [9.17, 15) is 19.2 Å². The van der Waals surface area contributed by atoms with Gasteiger partial charge in [0, 0.05) is 5.57 Å². The number of rotatable bonds is 4. The van der Waals surface area contributed by atoms with E-state index in [0.717, 1.165) is 12.2 Å². The van der Waals surface area contributed by atoms with Crippen LogP contribution in [-0.4, -0.2) is 51.6 Å². The summed E-state index contributed by atoms with van der Waals surface area (Å²) in [5.41, 5.74) is 0.364. The van der Waals surface area contributed by atoms with Gasteiger partial charge in [0.2, 0.25) is 46.2 Å². The number of ketones is 4. The zero-order chi connectivity index (χ0) is 19.1. The molecule has 0 bridgehead atoms. The Kier molecular flexibility index (Phi) is 6.86. The van der Waals surface area contributed by atoms with Crippen LogP contribution in [0.2, 0.25) is 0 Å². The maximum Gasteiger partial charge on any atom is 0.227 e. The molecule has 0 amide bonds. The van der Waals surface area contributed by atoms with Gasteiger partial charge >= 0.3 is 0 Å². The van der Waals surface area contributed by atoms with Crippen LogP contribution in [-0.2, 0) is 38.1 Å². The predicted octanol–water partition coefficient (Wildman–Crippen LogP) is 0.788. The van der Waals surface area contributed by atoms with Gasteiger partial charge in [0.25, 0.3) is 0 Å². The molecule has 0 fully saturated rings. The highest BCUT2D eigenvalue weighted by Gasteiger charge is 2.28. The molecule has 2 rings (SSSR count). The quantitative estimate of drug-likeness (QED) is 0.685. The number of carbonyl (C=O) groups excluding carboxylic acids is 4. The van der Waals surface area contributed by atoms with E-state index >= 15 is 0 Å². The summed E-state index contributed by atoms with van der Waals surface area (Å²) in [6.45, 7) is 1.56. The molecule has 0 aliphatic heterocycles. The molecule has 8 heteroatoms. The number of allylic oxidation sites excluding steroid dienone is 4. The fourth-order valence-electron chi connectivity index (χ4n) is 2.01. The van der Waals surface area contributed by atoms with Crippen LogP contribution in [0.1, 0.15) is 6.92 Å². The molecule has 8 nitrogen and oxygen atoms in total. The second kappa shape index (κ2) is 8.62. The van der Waals surface area contributed by atoms with Crippen LogP contribution in [0.5, 0.6) is 0 Å². The Balaban J connectivity index is 0.000000251. The Hall–Kier alpha value is -3.16. The Bertz CT molecular complexity index is 706. The van der Waals surface area contributed by atoms with Crippen LogP contribution >= 0.6 is 0 Å². The molecule has 0 aromatic heterocycles. The molecule has 0 heterocycles. The number of carbonyl (C=O) groups is 4. The van der Waals surface area contributed by atoms with Gasteiger partial charge in [0.1, 0.15) is 0 Å². The third kappa shape index (κ3) is 4.23. The van der Waals surface area contributed by atoms with E-state index in [1.54, 1.807) is 6.92 Å². The molecule has 25 heavy (non-hydrogen) atoms. The van der Waals surface area contributed by atoms with Crippen molar-refractivity contribution in [3.05, 3.63) is 46.8 Å². The van der Waals surface area contributed by atoms with Gasteiger partial charge in [-0.25, -0.2) is 0 Å². The molecule has 0 atom stereocenters. The van der Waals surface area contributed by atoms with E-state index in [4.69, 9.17) is 18.9 Å². The molecule has 0 radical (unpaired) electrons. The standard InChI is InChI=1S/C9H10O4.C8H8O4/c1-5-4-6(10)8(12-2)9(13-3)7(5)11;1-11-7-5(9)3-4-6(10)8(7)12-2/h4H,1-3H3;3-4H,1-2H3. The highest BCUT2D eigenvalue weighted by molar-refractivity contribution is 6.20. The van der Waals surface area contributed by atoms with Crippen molar-refractivity contribution in [2.24, 2.45) is 0 Å². The number of ether oxygens (including phenoxy) is 4. The molecule has 0 saturated heterocycles. The largest absolute Gasteiger partial charge is 0.490 e. The second-order valence-corrected chi connectivity index (χ2v) is 4.72. The predicted molar refractivity (Wildman–Crippen MR) is 85.0 cm³/mol. The fourth-order valence-corrected chi connectivity index (χ4v) is 2.01. The van der Waals surface area contributed by atoms with Gasteiger partial charge in [-0.05, 0) is 25.2 Å². The van der Waals surface area contributed by atoms with Crippen molar-refractivity contribution in [3.8, 4) is 0 Å². The van der Waals surface area contributed by atoms with Crippen molar-refractivity contribution in [2.75, 3.05) is 28.4 Å². The van der Waals surface area contributed by atoms with E-state index in [1.165, 1.54) is 34.5 Å². The Labute approximate surface area is 144 Å². The zero-order valence-electron chi connectivity index (χ0n) is 14.5. The zero-order valence-corrected chi connectivity index (χ0v) is 14.5. The first-order valence-corrected chi connectivity index (χ1v) is 7.00. The van der Waals surface area contributed by atoms with Crippen LogP contribution in [0.4, 0.5) is 0 Å². The van der Waals surface area contributed by atoms with Crippen LogP contribution in [0, 0.1) is 0 Å². The third-order valence-electron chi connectivity index (χ3n) is 3.20. The number of hydrogen-bond acceptors (Lipinski definition) is 8. The lowest BCUT2D eigenvalue weighted by Crippen LogP contribution is -2.20. The minimum atomic E-state index is -0.353. The third-order valence-corrected chi connectivity index (χ3v) is 3.20. The minimum absolute atomic E-state index is 0.0208. The lowest BCUT2D eigenvalue weighted by Gasteiger charge is -2.14. The van der Waals surface area contributed by atoms with Crippen LogP contribution in [0.3, 0.4) is 0 Å². The van der Waals surface area contributed by atoms with Crippen molar-refractivity contribution in [1.82, 2.24) is 0 Å². The molecule has 0 saturated carbocycles. The van der Waals surface area contributed by atoms with Gasteiger partial charge in [-0.1, -0.05) is 0 Å². The van der Waals surface area contributed by atoms with Crippen molar-refractivity contribution in [3.63, 3.8) is 0 Å². The van der Waals surface area contributed by atoms with E-state index in [-0.39, 0.29) is 46.2 Å². The minimum Gasteiger partial charge on any atom is -0.490 e. The van der Waals surface area contributed by atoms with Gasteiger partial charge in [-0.15, -0.1) is 0 Å². The van der Waals surface area contributed by atoms with Gasteiger partial charge in [0.15, 0.2) is 0 Å². The smallest absolute Gasteiger partial charge is 0.227 e. The first kappa shape index (κ1) is 19.9. The van der Waals surface area contributed by atoms with Crippen molar-refractivity contribution in [2.45, 2.75) is 6.92 Å². The first-order valence-electron chi connectivity index (χ1n) is 7.00. The highest BCUT2D eigenvalue weighted by Crippen LogP contribution is 2.19. The van der Waals surface area contributed by atoms with Gasteiger partial charge < -0.3 is 18.9 Å². The van der Waals surface area contributed by atoms with Crippen molar-refractivity contribution < 1.29 is 38.1 Å². The molecular weight excluding hydrogens is 332 g/mol. The second-order valence-electron chi connectivity index (χ2n) is 4.72. The number of methoxy groups -OCH3 is 4. The molecule has 134 valence electrons. The first-order chi connectivity index (χ1) is 11.8. The van der Waals surface area contributed by atoms with Gasteiger partial charge in [-0.2, -0.15) is 0 Å². The fraction of sp³-hybridized carbons (Fsp3) is 0.294. The Morgan fingerprint density at radius 1 is 0.600 bits per heavy atom. The van der Waals surface area contributed by atoms with E-state index in [2.05, 4.69) is 0 Å². The van der Waals surface area contributed by atoms with Gasteiger partial charge in [0.05, 0.1) is 28.4 Å². The number of Topliss-reactive ketones (excluding diaryl/α,β-unsaturated/α-hetero) is 1. The summed E-state index contributed by atoms with van der Waals surface area (Å²) < 4.78 is 19.0. The lowest BCUT2D eigenvalue weighted by molar-refractivity contribution is -0.120. The maximum atomic E-state index is 11.4. The van der Waals surface area contributed by atoms with Crippen LogP contribution in [0.25, 0.3) is 0 Å². The molecule has 2 aliphatic carbocycles. The summed E-state index contributed by atoms with van der Waals surface area (Å²) >= 11 is 0. The molecule has 0 aromatic carbocycles. The summed E-state index contributed by atoms with van der Waals surface area (Å²) in [6, 6.07) is 0. The monoisotopic (exact) mass is 350 g/mol. The SMILES string of the molecule is COC1=C(OC)C(=O)C(C)=CC1=O.COC1=C(OC)C(=O)C=CC1=O. The summed E-state index contributed by atoms with van der Waals surface area (Å²) in [7, 11) is 5.30. The van der Waals surface area contributed by atoms with Crippen LogP contribution in [0.15, 0.2) is 46.8 Å². The molecule has 0 aromatic rings. The van der Waals surface area contributed by atoms with Crippen LogP contribution < -0.4 is 0 Å². The van der Waals surface area contributed by atoms with E-state index < -0.39 is 0 Å². The molecule has 0 unspecified atom stereocenters. The summed E-state index contributed by atoms with van der Waals surface area (Å²) in [5, 5.41) is 0. The van der Waals surface area contributed by atoms with E-state index in [0.29, 0.717) is 5.57 Å². The summed E-state index contributed by atoms with van der Waals surface area (Å²) in [6.07, 6.45) is 3.55. The lowest BCUT2D eigenvalue weighted by atomic mass is 10.0. The van der Waals surface area contributed by atoms with E-state index in [1.807, 2.05) is 0 Å². The highest BCUT2D eigenvalue weighted by atomic mass is 16.5. The Morgan fingerprint density at radius 3 is 1.32 bits per heavy atom. The average molecular weight is 350 g/mol. The molecular formula is C17H18O8. The van der Waals surface area contributed by atoms with Crippen molar-refractivity contribution in [1.29, 1.82) is 0 Å². The van der Waals surface area contributed by atoms with Gasteiger partial charge in [-0.3, -0.25) is 19.2 Å². The maximum absolute atomic E-state index is 11.4. The molecule has 0 N–H and O–H groups in total. The number of hydrogen-bond donors (Lipinski definition) is 0. The summed E-state index contributed by atoms with van der Waals surface area (Å²) in [5.74, 6) is -1.47.